The van der Waals surface area contributed by atoms with E-state index in [0.29, 0.717) is 19.3 Å². The second kappa shape index (κ2) is 7.37. The quantitative estimate of drug-likeness (QED) is 0.646. The Bertz CT molecular complexity index is 1270. The molecule has 2 saturated carbocycles. The van der Waals surface area contributed by atoms with E-state index in [2.05, 4.69) is 42.2 Å². The van der Waals surface area contributed by atoms with Crippen molar-refractivity contribution >= 4 is 16.5 Å². The van der Waals surface area contributed by atoms with Crippen molar-refractivity contribution in [3.63, 3.8) is 0 Å². The molecule has 0 radical (unpaired) electrons. The van der Waals surface area contributed by atoms with Gasteiger partial charge in [0.1, 0.15) is 11.3 Å². The SMILES string of the molecule is CN(C)C1CC23CCC4(O2)C2CC=C(c5ccc6ncccc6c5)C2(C)CCC4(F)CC3C(O)C1O. The number of benzene rings is 1. The first-order chi connectivity index (χ1) is 17.1. The van der Waals surface area contributed by atoms with E-state index in [9.17, 15) is 10.2 Å². The summed E-state index contributed by atoms with van der Waals surface area (Å²) in [7, 11) is 3.88. The number of pyridine rings is 1. The maximum Gasteiger partial charge on any atom is 0.140 e. The van der Waals surface area contributed by atoms with E-state index >= 15 is 4.39 Å². The molecule has 192 valence electrons. The Labute approximate surface area is 212 Å². The van der Waals surface area contributed by atoms with Crippen LogP contribution < -0.4 is 0 Å². The number of aliphatic hydroxyl groups excluding tert-OH is 2. The second-order valence-electron chi connectivity index (χ2n) is 12.8. The summed E-state index contributed by atoms with van der Waals surface area (Å²) in [4.78, 5) is 6.46. The molecule has 2 aromatic rings. The van der Waals surface area contributed by atoms with Crippen LogP contribution in [0.25, 0.3) is 16.5 Å². The highest BCUT2D eigenvalue weighted by Gasteiger charge is 2.77. The molecule has 1 aromatic heterocycles. The number of nitrogens with zero attached hydrogens (tertiary/aromatic N) is 2. The molecule has 5 nitrogen and oxygen atoms in total. The Morgan fingerprint density at radius 2 is 1.89 bits per heavy atom. The van der Waals surface area contributed by atoms with Gasteiger partial charge >= 0.3 is 0 Å². The Kier molecular flexibility index (Phi) is 4.77. The van der Waals surface area contributed by atoms with Crippen LogP contribution >= 0.6 is 0 Å². The van der Waals surface area contributed by atoms with Crippen molar-refractivity contribution in [2.24, 2.45) is 17.3 Å². The zero-order chi connectivity index (χ0) is 25.1. The van der Waals surface area contributed by atoms with Crippen LogP contribution in [0.5, 0.6) is 0 Å². The molecular weight excluding hydrogens is 455 g/mol. The van der Waals surface area contributed by atoms with Crippen LogP contribution in [0.4, 0.5) is 4.39 Å². The molecule has 3 heterocycles. The second-order valence-corrected chi connectivity index (χ2v) is 12.8. The van der Waals surface area contributed by atoms with Crippen molar-refractivity contribution in [2.75, 3.05) is 14.1 Å². The minimum atomic E-state index is -1.48. The maximum atomic E-state index is 17.2. The number of halogens is 1. The lowest BCUT2D eigenvalue weighted by molar-refractivity contribution is -0.314. The van der Waals surface area contributed by atoms with E-state index < -0.39 is 29.1 Å². The molecule has 9 unspecified atom stereocenters. The van der Waals surface area contributed by atoms with Crippen LogP contribution in [-0.4, -0.2) is 69.3 Å². The third-order valence-electron chi connectivity index (χ3n) is 11.1. The number of hydrogen-bond donors (Lipinski definition) is 2. The van der Waals surface area contributed by atoms with Gasteiger partial charge in [0.25, 0.3) is 0 Å². The number of fused-ring (bicyclic) bond motifs is 2. The molecule has 4 fully saturated rings. The fourth-order valence-corrected chi connectivity index (χ4v) is 9.25. The van der Waals surface area contributed by atoms with Crippen LogP contribution in [0, 0.1) is 17.3 Å². The summed E-state index contributed by atoms with van der Waals surface area (Å²) >= 11 is 0. The van der Waals surface area contributed by atoms with E-state index in [1.807, 2.05) is 31.3 Å². The monoisotopic (exact) mass is 492 g/mol. The Morgan fingerprint density at radius 1 is 1.06 bits per heavy atom. The highest BCUT2D eigenvalue weighted by atomic mass is 19.1. The lowest BCUT2D eigenvalue weighted by atomic mass is 9.51. The highest BCUT2D eigenvalue weighted by molar-refractivity contribution is 5.85. The van der Waals surface area contributed by atoms with E-state index in [-0.39, 0.29) is 29.7 Å². The smallest absolute Gasteiger partial charge is 0.140 e. The summed E-state index contributed by atoms with van der Waals surface area (Å²) in [5.41, 5.74) is 0.437. The van der Waals surface area contributed by atoms with E-state index in [0.717, 1.165) is 30.2 Å². The van der Waals surface area contributed by atoms with Crippen molar-refractivity contribution in [2.45, 2.75) is 87.0 Å². The summed E-state index contributed by atoms with van der Waals surface area (Å²) in [5, 5.41) is 23.2. The third kappa shape index (κ3) is 2.77. The maximum absolute atomic E-state index is 17.2. The number of aliphatic hydroxyl groups is 2. The highest BCUT2D eigenvalue weighted by Crippen LogP contribution is 2.72. The molecule has 3 aliphatic carbocycles. The van der Waals surface area contributed by atoms with Gasteiger partial charge in [0.2, 0.25) is 0 Å². The molecule has 2 aliphatic heterocycles. The summed E-state index contributed by atoms with van der Waals surface area (Å²) < 4.78 is 24.3. The number of ether oxygens (including phenoxy) is 1. The summed E-state index contributed by atoms with van der Waals surface area (Å²) in [6.07, 6.45) is 6.68. The molecule has 9 atom stereocenters. The molecule has 0 amide bonds. The molecule has 7 rings (SSSR count). The topological polar surface area (TPSA) is 65.8 Å². The van der Waals surface area contributed by atoms with Crippen LogP contribution in [-0.2, 0) is 4.74 Å². The van der Waals surface area contributed by atoms with Gasteiger partial charge in [-0.05, 0) is 93.8 Å². The number of aromatic nitrogens is 1. The number of likely N-dealkylation sites (N-methyl/N-ethyl adjacent to an activating group) is 1. The predicted molar refractivity (Wildman–Crippen MR) is 137 cm³/mol. The molecule has 5 aliphatic rings. The van der Waals surface area contributed by atoms with Gasteiger partial charge in [-0.2, -0.15) is 0 Å². The van der Waals surface area contributed by atoms with E-state index in [1.54, 1.807) is 0 Å². The van der Waals surface area contributed by atoms with Crippen molar-refractivity contribution < 1.29 is 19.3 Å². The molecule has 2 saturated heterocycles. The van der Waals surface area contributed by atoms with E-state index in [4.69, 9.17) is 4.74 Å². The van der Waals surface area contributed by atoms with Crippen LogP contribution in [0.1, 0.15) is 57.4 Å². The van der Waals surface area contributed by atoms with Crippen molar-refractivity contribution in [3.8, 4) is 0 Å². The zero-order valence-electron chi connectivity index (χ0n) is 21.5. The van der Waals surface area contributed by atoms with Gasteiger partial charge in [-0.3, -0.25) is 4.98 Å². The van der Waals surface area contributed by atoms with Gasteiger partial charge < -0.3 is 19.8 Å². The molecule has 2 bridgehead atoms. The molecule has 1 aromatic carbocycles. The van der Waals surface area contributed by atoms with Crippen LogP contribution in [0.15, 0.2) is 42.6 Å². The fourth-order valence-electron chi connectivity index (χ4n) is 9.25. The van der Waals surface area contributed by atoms with Crippen molar-refractivity contribution in [1.82, 2.24) is 9.88 Å². The minimum Gasteiger partial charge on any atom is -0.390 e. The van der Waals surface area contributed by atoms with Crippen molar-refractivity contribution in [1.29, 1.82) is 0 Å². The van der Waals surface area contributed by atoms with Crippen LogP contribution in [0.3, 0.4) is 0 Å². The summed E-state index contributed by atoms with van der Waals surface area (Å²) in [6.45, 7) is 2.32. The summed E-state index contributed by atoms with van der Waals surface area (Å²) in [6, 6.07) is 10.4. The lowest BCUT2D eigenvalue weighted by Gasteiger charge is -2.64. The number of allylic oxidation sites excluding steroid dienone is 2. The minimum absolute atomic E-state index is 0.0606. The first-order valence-corrected chi connectivity index (χ1v) is 13.6. The number of rotatable bonds is 2. The predicted octanol–water partition coefficient (Wildman–Crippen LogP) is 4.51. The Morgan fingerprint density at radius 3 is 2.69 bits per heavy atom. The van der Waals surface area contributed by atoms with Gasteiger partial charge in [-0.25, -0.2) is 4.39 Å². The van der Waals surface area contributed by atoms with Crippen molar-refractivity contribution in [3.05, 3.63) is 48.2 Å². The number of alkyl halides is 1. The van der Waals surface area contributed by atoms with E-state index in [1.165, 1.54) is 11.1 Å². The molecule has 36 heavy (non-hydrogen) atoms. The lowest BCUT2D eigenvalue weighted by Crippen LogP contribution is -2.72. The average molecular weight is 493 g/mol. The zero-order valence-corrected chi connectivity index (χ0v) is 21.5. The largest absolute Gasteiger partial charge is 0.390 e. The third-order valence-corrected chi connectivity index (χ3v) is 11.1. The average Bonchev–Trinajstić information content (AvgIpc) is 3.39. The molecule has 2 N–H and O–H groups in total. The van der Waals surface area contributed by atoms with Crippen LogP contribution in [0.2, 0.25) is 0 Å². The molecule has 2 spiro atoms. The van der Waals surface area contributed by atoms with Gasteiger partial charge in [0, 0.05) is 29.5 Å². The standard InChI is InChI=1S/C30H37FN2O3/c1-27-10-12-29(31)16-21-25(34)26(35)23(33(2)3)17-28(21)11-13-30(29,36-28)24(27)9-7-20(27)18-6-8-22-19(15-18)5-4-14-32-22/h4-8,14-15,21,23-26,34-35H,9-13,16-17H2,1-3H3. The normalized spacial score (nSPS) is 47.4. The Hall–Kier alpha value is -1.86. The van der Waals surface area contributed by atoms with Gasteiger partial charge in [0.15, 0.2) is 0 Å². The van der Waals surface area contributed by atoms with Gasteiger partial charge in [0.05, 0.1) is 23.3 Å². The van der Waals surface area contributed by atoms with Gasteiger partial charge in [-0.1, -0.05) is 25.1 Å². The molecule has 6 heteroatoms. The number of hydrogen-bond acceptors (Lipinski definition) is 5. The first kappa shape index (κ1) is 23.3. The van der Waals surface area contributed by atoms with Gasteiger partial charge in [-0.15, -0.1) is 0 Å². The molecular formula is C30H37FN2O3. The first-order valence-electron chi connectivity index (χ1n) is 13.6. The Balaban J connectivity index is 1.27. The summed E-state index contributed by atoms with van der Waals surface area (Å²) in [5.74, 6) is -0.305. The fraction of sp³-hybridized carbons (Fsp3) is 0.633.